The van der Waals surface area contributed by atoms with E-state index in [1.165, 1.54) is 6.92 Å². The van der Waals surface area contributed by atoms with Crippen molar-refractivity contribution in [2.24, 2.45) is 0 Å². The molecule has 0 radical (unpaired) electrons. The van der Waals surface area contributed by atoms with Crippen LogP contribution in [-0.2, 0) is 14.3 Å². The molecule has 5 nitrogen and oxygen atoms in total. The maximum atomic E-state index is 12.0. The zero-order chi connectivity index (χ0) is 12.8. The smallest absolute Gasteiger partial charge is 0.332 e. The third-order valence-electron chi connectivity index (χ3n) is 3.02. The van der Waals surface area contributed by atoms with E-state index in [9.17, 15) is 9.59 Å². The van der Waals surface area contributed by atoms with Gasteiger partial charge >= 0.3 is 5.97 Å². The number of carboxylic acid groups (broad SMARTS) is 1. The summed E-state index contributed by atoms with van der Waals surface area (Å²) in [7, 11) is 0. The first-order valence-corrected chi connectivity index (χ1v) is 6.19. The molecule has 1 heterocycles. The molecular formula is C12H21NO4. The number of rotatable bonds is 4. The largest absolute Gasteiger partial charge is 0.479 e. The average molecular weight is 243 g/mol. The summed E-state index contributed by atoms with van der Waals surface area (Å²) >= 11 is 0. The van der Waals surface area contributed by atoms with Crippen molar-refractivity contribution in [3.63, 3.8) is 0 Å². The number of carbonyl (C=O) groups is 2. The van der Waals surface area contributed by atoms with E-state index in [1.807, 2.05) is 0 Å². The second-order valence-electron chi connectivity index (χ2n) is 4.50. The molecule has 1 aliphatic rings. The lowest BCUT2D eigenvalue weighted by Crippen LogP contribution is -2.41. The first-order chi connectivity index (χ1) is 8.02. The fourth-order valence-corrected chi connectivity index (χ4v) is 1.97. The number of carboxylic acids is 1. The SMILES string of the molecule is CC(O[C@@H](C)C(=O)O)C(=O)N1CCCCCC1. The highest BCUT2D eigenvalue weighted by atomic mass is 16.5. The Kier molecular flexibility index (Phi) is 5.41. The molecule has 1 N–H and O–H groups in total. The van der Waals surface area contributed by atoms with E-state index < -0.39 is 18.2 Å². The fourth-order valence-electron chi connectivity index (χ4n) is 1.97. The molecule has 1 unspecified atom stereocenters. The number of hydrogen-bond donors (Lipinski definition) is 1. The standard InChI is InChI=1S/C12H21NO4/c1-9(17-10(2)12(15)16)11(14)13-7-5-3-4-6-8-13/h9-10H,3-8H2,1-2H3,(H,15,16)/t9?,10-/m0/s1. The maximum Gasteiger partial charge on any atom is 0.332 e. The van der Waals surface area contributed by atoms with Crippen molar-refractivity contribution in [1.29, 1.82) is 0 Å². The van der Waals surface area contributed by atoms with Crippen LogP contribution >= 0.6 is 0 Å². The van der Waals surface area contributed by atoms with Gasteiger partial charge in [-0.25, -0.2) is 4.79 Å². The first-order valence-electron chi connectivity index (χ1n) is 6.19. The van der Waals surface area contributed by atoms with Crippen LogP contribution in [0.4, 0.5) is 0 Å². The summed E-state index contributed by atoms with van der Waals surface area (Å²) in [5, 5.41) is 8.72. The van der Waals surface area contributed by atoms with Crippen molar-refractivity contribution >= 4 is 11.9 Å². The van der Waals surface area contributed by atoms with E-state index >= 15 is 0 Å². The Balaban J connectivity index is 2.47. The monoisotopic (exact) mass is 243 g/mol. The van der Waals surface area contributed by atoms with E-state index in [4.69, 9.17) is 9.84 Å². The summed E-state index contributed by atoms with van der Waals surface area (Å²) in [5.74, 6) is -1.14. The second-order valence-corrected chi connectivity index (χ2v) is 4.50. The second kappa shape index (κ2) is 6.59. The van der Waals surface area contributed by atoms with Gasteiger partial charge in [-0.2, -0.15) is 0 Å². The zero-order valence-corrected chi connectivity index (χ0v) is 10.5. The van der Waals surface area contributed by atoms with Crippen LogP contribution in [0.2, 0.25) is 0 Å². The lowest BCUT2D eigenvalue weighted by molar-refractivity contribution is -0.159. The number of ether oxygens (including phenoxy) is 1. The summed E-state index contributed by atoms with van der Waals surface area (Å²) in [6, 6.07) is 0. The Morgan fingerprint density at radius 1 is 1.06 bits per heavy atom. The van der Waals surface area contributed by atoms with Gasteiger partial charge < -0.3 is 14.7 Å². The number of hydrogen-bond acceptors (Lipinski definition) is 3. The summed E-state index contributed by atoms with van der Waals surface area (Å²) in [6.07, 6.45) is 2.73. The third kappa shape index (κ3) is 4.34. The Labute approximate surface area is 102 Å². The van der Waals surface area contributed by atoms with Crippen LogP contribution < -0.4 is 0 Å². The van der Waals surface area contributed by atoms with E-state index in [-0.39, 0.29) is 5.91 Å². The molecule has 1 saturated heterocycles. The molecule has 0 aromatic heterocycles. The van der Waals surface area contributed by atoms with Gasteiger partial charge in [-0.3, -0.25) is 4.79 Å². The van der Waals surface area contributed by atoms with Crippen molar-refractivity contribution in [3.05, 3.63) is 0 Å². The van der Waals surface area contributed by atoms with E-state index in [1.54, 1.807) is 11.8 Å². The topological polar surface area (TPSA) is 66.8 Å². The predicted octanol–water partition coefficient (Wildman–Crippen LogP) is 1.27. The Morgan fingerprint density at radius 2 is 1.59 bits per heavy atom. The normalized spacial score (nSPS) is 20.5. The van der Waals surface area contributed by atoms with Gasteiger partial charge in [-0.1, -0.05) is 12.8 Å². The molecule has 98 valence electrons. The van der Waals surface area contributed by atoms with Crippen LogP contribution in [0.1, 0.15) is 39.5 Å². The van der Waals surface area contributed by atoms with Crippen LogP contribution in [0, 0.1) is 0 Å². The molecule has 0 spiro atoms. The lowest BCUT2D eigenvalue weighted by Gasteiger charge is -2.25. The molecule has 0 saturated carbocycles. The van der Waals surface area contributed by atoms with Gasteiger partial charge in [0.25, 0.3) is 5.91 Å². The number of aliphatic carboxylic acids is 1. The highest BCUT2D eigenvalue weighted by molar-refractivity contribution is 5.81. The molecule has 0 aromatic rings. The quantitative estimate of drug-likeness (QED) is 0.807. The van der Waals surface area contributed by atoms with E-state index in [0.29, 0.717) is 0 Å². The summed E-state index contributed by atoms with van der Waals surface area (Å²) in [6.45, 7) is 4.57. The lowest BCUT2D eigenvalue weighted by atomic mass is 10.2. The summed E-state index contributed by atoms with van der Waals surface area (Å²) in [4.78, 5) is 24.4. The van der Waals surface area contributed by atoms with E-state index in [2.05, 4.69) is 0 Å². The van der Waals surface area contributed by atoms with Crippen LogP contribution in [0.25, 0.3) is 0 Å². The minimum Gasteiger partial charge on any atom is -0.479 e. The van der Waals surface area contributed by atoms with Gasteiger partial charge in [-0.15, -0.1) is 0 Å². The molecule has 1 fully saturated rings. The molecule has 1 rings (SSSR count). The van der Waals surface area contributed by atoms with Crippen LogP contribution in [0.15, 0.2) is 0 Å². The molecule has 5 heteroatoms. The fraction of sp³-hybridized carbons (Fsp3) is 0.833. The first kappa shape index (κ1) is 14.0. The third-order valence-corrected chi connectivity index (χ3v) is 3.02. The Hall–Kier alpha value is -1.10. The maximum absolute atomic E-state index is 12.0. The number of carbonyl (C=O) groups excluding carboxylic acids is 1. The molecule has 2 atom stereocenters. The number of nitrogens with zero attached hydrogens (tertiary/aromatic N) is 1. The summed E-state index contributed by atoms with van der Waals surface area (Å²) < 4.78 is 5.18. The van der Waals surface area contributed by atoms with Crippen LogP contribution in [0.5, 0.6) is 0 Å². The van der Waals surface area contributed by atoms with Crippen molar-refractivity contribution in [2.75, 3.05) is 13.1 Å². The highest BCUT2D eigenvalue weighted by Crippen LogP contribution is 2.12. The molecule has 1 aliphatic heterocycles. The predicted molar refractivity (Wildman–Crippen MR) is 62.7 cm³/mol. The van der Waals surface area contributed by atoms with E-state index in [0.717, 1.165) is 38.8 Å². The van der Waals surface area contributed by atoms with Gasteiger partial charge in [0, 0.05) is 13.1 Å². The van der Waals surface area contributed by atoms with Crippen molar-refractivity contribution in [2.45, 2.75) is 51.7 Å². The van der Waals surface area contributed by atoms with Gasteiger partial charge in [0.1, 0.15) is 6.10 Å². The average Bonchev–Trinajstić information content (AvgIpc) is 2.56. The van der Waals surface area contributed by atoms with Gasteiger partial charge in [0.2, 0.25) is 0 Å². The minimum atomic E-state index is -1.04. The molecule has 17 heavy (non-hydrogen) atoms. The summed E-state index contributed by atoms with van der Waals surface area (Å²) in [5.41, 5.74) is 0. The van der Waals surface area contributed by atoms with Crippen molar-refractivity contribution < 1.29 is 19.4 Å². The van der Waals surface area contributed by atoms with Crippen LogP contribution in [0.3, 0.4) is 0 Å². The van der Waals surface area contributed by atoms with Gasteiger partial charge in [0.15, 0.2) is 6.10 Å². The molecule has 0 bridgehead atoms. The molecule has 1 amide bonds. The van der Waals surface area contributed by atoms with Crippen molar-refractivity contribution in [3.8, 4) is 0 Å². The number of likely N-dealkylation sites (tertiary alicyclic amines) is 1. The van der Waals surface area contributed by atoms with Gasteiger partial charge in [0.05, 0.1) is 0 Å². The molecular weight excluding hydrogens is 222 g/mol. The molecule has 0 aromatic carbocycles. The zero-order valence-electron chi connectivity index (χ0n) is 10.5. The molecule has 0 aliphatic carbocycles. The Bertz CT molecular complexity index is 272. The van der Waals surface area contributed by atoms with Crippen molar-refractivity contribution in [1.82, 2.24) is 4.90 Å². The minimum absolute atomic E-state index is 0.0972. The number of amides is 1. The highest BCUT2D eigenvalue weighted by Gasteiger charge is 2.25. The Morgan fingerprint density at radius 3 is 2.06 bits per heavy atom. The van der Waals surface area contributed by atoms with Crippen LogP contribution in [-0.4, -0.2) is 47.2 Å². The van der Waals surface area contributed by atoms with Gasteiger partial charge in [-0.05, 0) is 26.7 Å².